The zero-order valence-corrected chi connectivity index (χ0v) is 16.1. The standard InChI is InChI=1S/C21H28N4O2/c1-3-24-11-13-25(14-12-24)21(26)18-7-8-20(23-16-18)22-10-9-17-5-4-6-19(15-17)27-2/h4-8,15-16H,3,9-14H2,1-2H3,(H,22,23). The third-order valence-corrected chi connectivity index (χ3v) is 4.97. The molecule has 0 aliphatic carbocycles. The number of nitrogens with one attached hydrogen (secondary N) is 1. The van der Waals surface area contributed by atoms with Gasteiger partial charge in [0.25, 0.3) is 5.91 Å². The van der Waals surface area contributed by atoms with Crippen molar-refractivity contribution in [3.63, 3.8) is 0 Å². The van der Waals surface area contributed by atoms with E-state index in [0.717, 1.165) is 57.3 Å². The van der Waals surface area contributed by atoms with Crippen molar-refractivity contribution < 1.29 is 9.53 Å². The molecular weight excluding hydrogens is 340 g/mol. The maximum absolute atomic E-state index is 12.6. The van der Waals surface area contributed by atoms with Crippen LogP contribution in [0.4, 0.5) is 5.82 Å². The van der Waals surface area contributed by atoms with Gasteiger partial charge in [-0.25, -0.2) is 4.98 Å². The van der Waals surface area contributed by atoms with E-state index in [1.807, 2.05) is 35.2 Å². The number of pyridine rings is 1. The van der Waals surface area contributed by atoms with E-state index < -0.39 is 0 Å². The Balaban J connectivity index is 1.49. The van der Waals surface area contributed by atoms with Gasteiger partial charge in [0, 0.05) is 38.9 Å². The number of hydrogen-bond donors (Lipinski definition) is 1. The molecule has 0 atom stereocenters. The molecule has 27 heavy (non-hydrogen) atoms. The summed E-state index contributed by atoms with van der Waals surface area (Å²) in [5.41, 5.74) is 1.86. The number of likely N-dealkylation sites (N-methyl/N-ethyl adjacent to an activating group) is 1. The molecule has 2 heterocycles. The largest absolute Gasteiger partial charge is 0.497 e. The molecule has 1 aromatic carbocycles. The first kappa shape index (κ1) is 19.2. The second-order valence-electron chi connectivity index (χ2n) is 6.69. The van der Waals surface area contributed by atoms with Crippen molar-refractivity contribution in [2.24, 2.45) is 0 Å². The fraction of sp³-hybridized carbons (Fsp3) is 0.429. The third-order valence-electron chi connectivity index (χ3n) is 4.97. The summed E-state index contributed by atoms with van der Waals surface area (Å²) in [7, 11) is 1.67. The van der Waals surface area contributed by atoms with Crippen LogP contribution in [0.3, 0.4) is 0 Å². The van der Waals surface area contributed by atoms with Crippen molar-refractivity contribution >= 4 is 11.7 Å². The molecular formula is C21H28N4O2. The molecule has 1 saturated heterocycles. The smallest absolute Gasteiger partial charge is 0.255 e. The van der Waals surface area contributed by atoms with Gasteiger partial charge in [-0.2, -0.15) is 0 Å². The predicted molar refractivity (Wildman–Crippen MR) is 107 cm³/mol. The number of rotatable bonds is 7. The maximum Gasteiger partial charge on any atom is 0.255 e. The van der Waals surface area contributed by atoms with Gasteiger partial charge in [-0.1, -0.05) is 19.1 Å². The van der Waals surface area contributed by atoms with Crippen LogP contribution in [0.25, 0.3) is 0 Å². The van der Waals surface area contributed by atoms with Gasteiger partial charge in [-0.15, -0.1) is 0 Å². The summed E-state index contributed by atoms with van der Waals surface area (Å²) >= 11 is 0. The number of carbonyl (C=O) groups excluding carboxylic acids is 1. The average Bonchev–Trinajstić information content (AvgIpc) is 2.74. The van der Waals surface area contributed by atoms with E-state index in [1.165, 1.54) is 5.56 Å². The Morgan fingerprint density at radius 3 is 2.67 bits per heavy atom. The van der Waals surface area contributed by atoms with Crippen molar-refractivity contribution in [1.29, 1.82) is 0 Å². The van der Waals surface area contributed by atoms with Crippen molar-refractivity contribution in [2.45, 2.75) is 13.3 Å². The Morgan fingerprint density at radius 1 is 1.19 bits per heavy atom. The van der Waals surface area contributed by atoms with Gasteiger partial charge in [0.05, 0.1) is 12.7 Å². The van der Waals surface area contributed by atoms with Crippen LogP contribution in [0.5, 0.6) is 5.75 Å². The van der Waals surface area contributed by atoms with Gasteiger partial charge < -0.3 is 19.9 Å². The molecule has 0 saturated carbocycles. The summed E-state index contributed by atoms with van der Waals surface area (Å²) < 4.78 is 5.25. The SMILES string of the molecule is CCN1CCN(C(=O)c2ccc(NCCc3cccc(OC)c3)nc2)CC1. The molecule has 0 unspecified atom stereocenters. The summed E-state index contributed by atoms with van der Waals surface area (Å²) in [5, 5.41) is 3.31. The van der Waals surface area contributed by atoms with E-state index in [-0.39, 0.29) is 5.91 Å². The molecule has 2 aromatic rings. The van der Waals surface area contributed by atoms with Crippen molar-refractivity contribution in [1.82, 2.24) is 14.8 Å². The van der Waals surface area contributed by atoms with Gasteiger partial charge in [0.2, 0.25) is 0 Å². The van der Waals surface area contributed by atoms with Gasteiger partial charge in [0.1, 0.15) is 11.6 Å². The van der Waals surface area contributed by atoms with E-state index in [4.69, 9.17) is 4.74 Å². The fourth-order valence-corrected chi connectivity index (χ4v) is 3.24. The number of piperazine rings is 1. The maximum atomic E-state index is 12.6. The lowest BCUT2D eigenvalue weighted by atomic mass is 10.1. The van der Waals surface area contributed by atoms with Crippen LogP contribution in [-0.4, -0.2) is 67.1 Å². The molecule has 3 rings (SSSR count). The molecule has 0 spiro atoms. The van der Waals surface area contributed by atoms with Gasteiger partial charge >= 0.3 is 0 Å². The minimum absolute atomic E-state index is 0.0705. The summed E-state index contributed by atoms with van der Waals surface area (Å²) in [6.45, 7) is 7.42. The van der Waals surface area contributed by atoms with Crippen LogP contribution in [0, 0.1) is 0 Å². The third kappa shape index (κ3) is 5.20. The topological polar surface area (TPSA) is 57.7 Å². The molecule has 1 fully saturated rings. The highest BCUT2D eigenvalue weighted by Gasteiger charge is 2.21. The highest BCUT2D eigenvalue weighted by molar-refractivity contribution is 5.94. The molecule has 6 heteroatoms. The number of nitrogens with zero attached hydrogens (tertiary/aromatic N) is 3. The Bertz CT molecular complexity index is 740. The molecule has 6 nitrogen and oxygen atoms in total. The first-order valence-electron chi connectivity index (χ1n) is 9.54. The Labute approximate surface area is 161 Å². The number of ether oxygens (including phenoxy) is 1. The first-order valence-corrected chi connectivity index (χ1v) is 9.54. The minimum atomic E-state index is 0.0705. The highest BCUT2D eigenvalue weighted by atomic mass is 16.5. The van der Waals surface area contributed by atoms with Crippen LogP contribution in [-0.2, 0) is 6.42 Å². The van der Waals surface area contributed by atoms with Gasteiger partial charge in [0.15, 0.2) is 0 Å². The fourth-order valence-electron chi connectivity index (χ4n) is 3.24. The van der Waals surface area contributed by atoms with E-state index in [2.05, 4.69) is 28.2 Å². The highest BCUT2D eigenvalue weighted by Crippen LogP contribution is 2.14. The zero-order valence-electron chi connectivity index (χ0n) is 16.1. The Hall–Kier alpha value is -2.60. The normalized spacial score (nSPS) is 14.8. The lowest BCUT2D eigenvalue weighted by Gasteiger charge is -2.34. The second-order valence-corrected chi connectivity index (χ2v) is 6.69. The van der Waals surface area contributed by atoms with E-state index in [9.17, 15) is 4.79 Å². The number of aromatic nitrogens is 1. The Morgan fingerprint density at radius 2 is 2.00 bits per heavy atom. The molecule has 1 aromatic heterocycles. The lowest BCUT2D eigenvalue weighted by molar-refractivity contribution is 0.0643. The summed E-state index contributed by atoms with van der Waals surface area (Å²) in [6.07, 6.45) is 2.55. The Kier molecular flexibility index (Phi) is 6.65. The van der Waals surface area contributed by atoms with E-state index in [1.54, 1.807) is 13.3 Å². The van der Waals surface area contributed by atoms with E-state index in [0.29, 0.717) is 5.56 Å². The minimum Gasteiger partial charge on any atom is -0.497 e. The van der Waals surface area contributed by atoms with E-state index >= 15 is 0 Å². The van der Waals surface area contributed by atoms with Gasteiger partial charge in [-0.05, 0) is 42.8 Å². The van der Waals surface area contributed by atoms with Crippen molar-refractivity contribution in [2.75, 3.05) is 51.7 Å². The van der Waals surface area contributed by atoms with Crippen molar-refractivity contribution in [3.05, 3.63) is 53.7 Å². The van der Waals surface area contributed by atoms with Crippen molar-refractivity contribution in [3.8, 4) is 5.75 Å². The number of benzene rings is 1. The molecule has 0 bridgehead atoms. The first-order chi connectivity index (χ1) is 13.2. The lowest BCUT2D eigenvalue weighted by Crippen LogP contribution is -2.48. The number of carbonyl (C=O) groups is 1. The monoisotopic (exact) mass is 368 g/mol. The quantitative estimate of drug-likeness (QED) is 0.814. The van der Waals surface area contributed by atoms with Crippen LogP contribution < -0.4 is 10.1 Å². The average molecular weight is 368 g/mol. The number of hydrogen-bond acceptors (Lipinski definition) is 5. The number of amides is 1. The van der Waals surface area contributed by atoms with Gasteiger partial charge in [-0.3, -0.25) is 4.79 Å². The molecule has 0 radical (unpaired) electrons. The molecule has 1 amide bonds. The number of methoxy groups -OCH3 is 1. The summed E-state index contributed by atoms with van der Waals surface area (Å²) in [5.74, 6) is 1.72. The summed E-state index contributed by atoms with van der Waals surface area (Å²) in [6, 6.07) is 11.8. The second kappa shape index (κ2) is 9.37. The number of anilines is 1. The van der Waals surface area contributed by atoms with Crippen LogP contribution >= 0.6 is 0 Å². The zero-order chi connectivity index (χ0) is 19.1. The van der Waals surface area contributed by atoms with Crippen LogP contribution in [0.1, 0.15) is 22.8 Å². The molecule has 1 aliphatic rings. The van der Waals surface area contributed by atoms with Crippen LogP contribution in [0.15, 0.2) is 42.6 Å². The molecule has 1 aliphatic heterocycles. The molecule has 1 N–H and O–H groups in total. The summed E-state index contributed by atoms with van der Waals surface area (Å²) in [4.78, 5) is 21.3. The molecule has 144 valence electrons. The van der Waals surface area contributed by atoms with Crippen LogP contribution in [0.2, 0.25) is 0 Å². The predicted octanol–water partition coefficient (Wildman–Crippen LogP) is 2.52.